The standard InChI is InChI=1S/C21H22N6O/c28-21-24-15-9-7-13-14(8-10-16(15)25-21)20(18-6-2-4-12-23-18)27-26-19(13)17-5-1-3-11-22-17/h1-6,11-16H,7-10H2,(H2,24,25,28). The zero-order valence-corrected chi connectivity index (χ0v) is 15.5. The van der Waals surface area contributed by atoms with Crippen molar-refractivity contribution in [2.24, 2.45) is 22.0 Å². The lowest BCUT2D eigenvalue weighted by molar-refractivity contribution is 0.246. The van der Waals surface area contributed by atoms with E-state index in [-0.39, 0.29) is 30.0 Å². The Labute approximate surface area is 163 Å². The van der Waals surface area contributed by atoms with Crippen LogP contribution in [0.25, 0.3) is 0 Å². The van der Waals surface area contributed by atoms with Gasteiger partial charge in [-0.1, -0.05) is 12.1 Å². The Bertz CT molecular complexity index is 851. The van der Waals surface area contributed by atoms with E-state index in [1.54, 1.807) is 12.4 Å². The average Bonchev–Trinajstić information content (AvgIpc) is 3.08. The second kappa shape index (κ2) is 7.14. The van der Waals surface area contributed by atoms with Gasteiger partial charge < -0.3 is 10.6 Å². The molecule has 0 bridgehead atoms. The van der Waals surface area contributed by atoms with Crippen LogP contribution in [0.2, 0.25) is 0 Å². The van der Waals surface area contributed by atoms with Gasteiger partial charge >= 0.3 is 6.03 Å². The fourth-order valence-electron chi connectivity index (χ4n) is 4.67. The van der Waals surface area contributed by atoms with Gasteiger partial charge in [0, 0.05) is 24.2 Å². The van der Waals surface area contributed by atoms with E-state index < -0.39 is 0 Å². The Balaban J connectivity index is 1.54. The van der Waals surface area contributed by atoms with Gasteiger partial charge in [0.25, 0.3) is 0 Å². The summed E-state index contributed by atoms with van der Waals surface area (Å²) in [6.45, 7) is 0. The monoisotopic (exact) mass is 374 g/mol. The molecule has 3 aliphatic rings. The highest BCUT2D eigenvalue weighted by Crippen LogP contribution is 2.36. The summed E-state index contributed by atoms with van der Waals surface area (Å²) in [5, 5.41) is 15.4. The number of pyridine rings is 2. The highest BCUT2D eigenvalue weighted by atomic mass is 16.2. The fraction of sp³-hybridized carbons (Fsp3) is 0.381. The molecule has 0 spiro atoms. The topological polar surface area (TPSA) is 91.6 Å². The highest BCUT2D eigenvalue weighted by molar-refractivity contribution is 6.10. The van der Waals surface area contributed by atoms with Crippen LogP contribution >= 0.6 is 0 Å². The van der Waals surface area contributed by atoms with Crippen LogP contribution in [0.5, 0.6) is 0 Å². The van der Waals surface area contributed by atoms with Crippen molar-refractivity contribution < 1.29 is 4.79 Å². The van der Waals surface area contributed by atoms with Crippen molar-refractivity contribution >= 4 is 17.5 Å². The molecule has 2 N–H and O–H groups in total. The Morgan fingerprint density at radius 1 is 0.714 bits per heavy atom. The number of hydrogen-bond donors (Lipinski definition) is 2. The smallest absolute Gasteiger partial charge is 0.315 e. The van der Waals surface area contributed by atoms with Crippen LogP contribution in [0, 0.1) is 11.8 Å². The molecule has 4 atom stereocenters. The molecule has 7 nitrogen and oxygen atoms in total. The third-order valence-electron chi connectivity index (χ3n) is 6.00. The molecule has 2 fully saturated rings. The number of carbonyl (C=O) groups is 1. The number of aromatic nitrogens is 2. The van der Waals surface area contributed by atoms with E-state index in [1.165, 1.54) is 0 Å². The summed E-state index contributed by atoms with van der Waals surface area (Å²) in [5.74, 6) is 0.422. The molecule has 1 saturated heterocycles. The first-order valence-electron chi connectivity index (χ1n) is 9.85. The van der Waals surface area contributed by atoms with Gasteiger partial charge in [-0.25, -0.2) is 4.79 Å². The van der Waals surface area contributed by atoms with Crippen LogP contribution in [0.15, 0.2) is 59.0 Å². The van der Waals surface area contributed by atoms with Crippen LogP contribution in [-0.2, 0) is 0 Å². The van der Waals surface area contributed by atoms with Crippen molar-refractivity contribution in [3.05, 3.63) is 60.2 Å². The van der Waals surface area contributed by atoms with Gasteiger partial charge in [0.2, 0.25) is 0 Å². The van der Waals surface area contributed by atoms with Crippen LogP contribution in [-0.4, -0.2) is 39.5 Å². The van der Waals surface area contributed by atoms with Gasteiger partial charge in [-0.15, -0.1) is 0 Å². The third-order valence-corrected chi connectivity index (χ3v) is 6.00. The Morgan fingerprint density at radius 3 is 1.64 bits per heavy atom. The van der Waals surface area contributed by atoms with Crippen LogP contribution in [0.1, 0.15) is 37.1 Å². The molecule has 7 heteroatoms. The summed E-state index contributed by atoms with van der Waals surface area (Å²) in [5.41, 5.74) is 3.65. The number of rotatable bonds is 2. The molecule has 28 heavy (non-hydrogen) atoms. The number of hydrogen-bond acceptors (Lipinski definition) is 5. The first-order valence-corrected chi connectivity index (χ1v) is 9.85. The second-order valence-corrected chi connectivity index (χ2v) is 7.60. The minimum absolute atomic E-state index is 0.0582. The first kappa shape index (κ1) is 17.0. The Kier molecular flexibility index (Phi) is 4.35. The minimum atomic E-state index is -0.0582. The SMILES string of the molecule is O=C1NC2CCC3C(c4ccccn4)=NN=C(c4ccccn4)C3CCC2N1. The van der Waals surface area contributed by atoms with E-state index >= 15 is 0 Å². The normalized spacial score (nSPS) is 29.2. The number of nitrogens with zero attached hydrogens (tertiary/aromatic N) is 4. The number of amides is 2. The largest absolute Gasteiger partial charge is 0.333 e. The molecule has 4 heterocycles. The molecule has 142 valence electrons. The molecule has 2 aromatic rings. The summed E-state index contributed by atoms with van der Waals surface area (Å²) in [7, 11) is 0. The van der Waals surface area contributed by atoms with Crippen LogP contribution < -0.4 is 10.6 Å². The number of carbonyl (C=O) groups excluding carboxylic acids is 1. The number of urea groups is 1. The summed E-state index contributed by atoms with van der Waals surface area (Å²) in [4.78, 5) is 20.9. The lowest BCUT2D eigenvalue weighted by Crippen LogP contribution is -2.42. The van der Waals surface area contributed by atoms with Crippen molar-refractivity contribution in [1.29, 1.82) is 0 Å². The van der Waals surface area contributed by atoms with Gasteiger partial charge in [0.15, 0.2) is 0 Å². The van der Waals surface area contributed by atoms with Crippen molar-refractivity contribution in [2.75, 3.05) is 0 Å². The second-order valence-electron chi connectivity index (χ2n) is 7.60. The minimum Gasteiger partial charge on any atom is -0.333 e. The van der Waals surface area contributed by atoms with E-state index in [2.05, 4.69) is 30.8 Å². The summed E-state index contributed by atoms with van der Waals surface area (Å²) < 4.78 is 0. The lowest BCUT2D eigenvalue weighted by atomic mass is 9.73. The highest BCUT2D eigenvalue weighted by Gasteiger charge is 2.41. The molecular weight excluding hydrogens is 352 g/mol. The summed E-state index contributed by atoms with van der Waals surface area (Å²) >= 11 is 0. The zero-order valence-electron chi connectivity index (χ0n) is 15.5. The predicted octanol–water partition coefficient (Wildman–Crippen LogP) is 2.54. The maximum absolute atomic E-state index is 11.8. The molecule has 0 aromatic carbocycles. The molecule has 2 amide bonds. The van der Waals surface area contributed by atoms with Gasteiger partial charge in [0.1, 0.15) is 0 Å². The number of fused-ring (bicyclic) bond motifs is 2. The predicted molar refractivity (Wildman–Crippen MR) is 106 cm³/mol. The molecule has 0 radical (unpaired) electrons. The maximum atomic E-state index is 11.8. The summed E-state index contributed by atoms with van der Waals surface area (Å²) in [6, 6.07) is 12.1. The Morgan fingerprint density at radius 2 is 1.21 bits per heavy atom. The number of nitrogens with one attached hydrogen (secondary N) is 2. The van der Waals surface area contributed by atoms with E-state index in [4.69, 9.17) is 0 Å². The average molecular weight is 374 g/mol. The van der Waals surface area contributed by atoms with Crippen LogP contribution in [0.4, 0.5) is 4.79 Å². The fourth-order valence-corrected chi connectivity index (χ4v) is 4.67. The van der Waals surface area contributed by atoms with Crippen LogP contribution in [0.3, 0.4) is 0 Å². The van der Waals surface area contributed by atoms with Crippen molar-refractivity contribution in [2.45, 2.75) is 37.8 Å². The molecule has 1 aliphatic carbocycles. The van der Waals surface area contributed by atoms with Gasteiger partial charge in [0.05, 0.1) is 34.9 Å². The molecular formula is C21H22N6O. The molecule has 4 unspecified atom stereocenters. The van der Waals surface area contributed by atoms with Crippen molar-refractivity contribution in [3.8, 4) is 0 Å². The molecule has 2 aliphatic heterocycles. The lowest BCUT2D eigenvalue weighted by Gasteiger charge is -2.35. The third kappa shape index (κ3) is 3.06. The van der Waals surface area contributed by atoms with Crippen molar-refractivity contribution in [3.63, 3.8) is 0 Å². The van der Waals surface area contributed by atoms with Crippen molar-refractivity contribution in [1.82, 2.24) is 20.6 Å². The Hall–Kier alpha value is -3.09. The van der Waals surface area contributed by atoms with Gasteiger partial charge in [-0.3, -0.25) is 9.97 Å². The van der Waals surface area contributed by atoms with E-state index in [0.717, 1.165) is 48.5 Å². The maximum Gasteiger partial charge on any atom is 0.315 e. The molecule has 1 saturated carbocycles. The quantitative estimate of drug-likeness (QED) is 0.846. The zero-order chi connectivity index (χ0) is 18.9. The molecule has 2 aromatic heterocycles. The van der Waals surface area contributed by atoms with Gasteiger partial charge in [-0.2, -0.15) is 10.2 Å². The van der Waals surface area contributed by atoms with E-state index in [9.17, 15) is 4.79 Å². The summed E-state index contributed by atoms with van der Waals surface area (Å²) in [6.07, 6.45) is 7.26. The first-order chi connectivity index (χ1) is 13.8. The van der Waals surface area contributed by atoms with E-state index in [1.807, 2.05) is 36.4 Å². The van der Waals surface area contributed by atoms with Gasteiger partial charge in [-0.05, 0) is 49.9 Å². The van der Waals surface area contributed by atoms with E-state index in [0.29, 0.717) is 0 Å². The molecule has 5 rings (SSSR count).